The van der Waals surface area contributed by atoms with Gasteiger partial charge in [0.1, 0.15) is 5.75 Å². The van der Waals surface area contributed by atoms with Crippen LogP contribution in [-0.4, -0.2) is 16.2 Å². The van der Waals surface area contributed by atoms with Gasteiger partial charge in [-0.25, -0.2) is 4.98 Å². The molecule has 0 bridgehead atoms. The van der Waals surface area contributed by atoms with Crippen molar-refractivity contribution >= 4 is 50.2 Å². The van der Waals surface area contributed by atoms with E-state index in [1.807, 2.05) is 54.6 Å². The molecule has 5 rings (SSSR count). The van der Waals surface area contributed by atoms with E-state index >= 15 is 0 Å². The summed E-state index contributed by atoms with van der Waals surface area (Å²) in [5.74, 6) is 0.616. The van der Waals surface area contributed by atoms with Gasteiger partial charge in [-0.05, 0) is 54.1 Å². The Labute approximate surface area is 190 Å². The number of fused-ring (bicyclic) bond motifs is 3. The third-order valence-electron chi connectivity index (χ3n) is 5.11. The van der Waals surface area contributed by atoms with Gasteiger partial charge in [-0.2, -0.15) is 8.78 Å². The first kappa shape index (κ1) is 20.0. The van der Waals surface area contributed by atoms with E-state index in [4.69, 9.17) is 21.3 Å². The highest BCUT2D eigenvalue weighted by atomic mass is 79.9. The molecule has 2 heterocycles. The molecule has 0 unspecified atom stereocenters. The Kier molecular flexibility index (Phi) is 5.16. The van der Waals surface area contributed by atoms with Crippen molar-refractivity contribution < 1.29 is 13.5 Å². The zero-order chi connectivity index (χ0) is 21.5. The summed E-state index contributed by atoms with van der Waals surface area (Å²) in [5.41, 5.74) is 3.92. The number of alkyl halides is 2. The van der Waals surface area contributed by atoms with E-state index in [1.54, 1.807) is 12.1 Å². The Balaban J connectivity index is 1.70. The van der Waals surface area contributed by atoms with Gasteiger partial charge < -0.3 is 10.1 Å². The Hall–Kier alpha value is -2.90. The molecule has 4 nitrogen and oxygen atoms in total. The fourth-order valence-corrected chi connectivity index (χ4v) is 4.21. The summed E-state index contributed by atoms with van der Waals surface area (Å²) in [6.45, 7) is -2.96. The summed E-state index contributed by atoms with van der Waals surface area (Å²) < 4.78 is 33.9. The highest BCUT2D eigenvalue weighted by molar-refractivity contribution is 9.10. The van der Waals surface area contributed by atoms with E-state index < -0.39 is 6.61 Å². The molecule has 0 saturated heterocycles. The predicted molar refractivity (Wildman–Crippen MR) is 122 cm³/mol. The van der Waals surface area contributed by atoms with Gasteiger partial charge in [0.2, 0.25) is 5.95 Å². The SMILES string of the molecule is FC(F)Oc1cc(Cl)ccc1C1=C[C@H](c2ccc(Br)cc2)n2c(nc3ccccc32)N1. The standard InChI is InChI=1S/C23H15BrClF2N3O/c24-14-7-5-13(6-8-14)20-12-18(16-10-9-15(25)11-21(16)31-22(26)27)29-23-28-17-3-1-2-4-19(17)30(20)23/h1-12,20,22H,(H,28,29)/t20-/m1/s1. The maximum Gasteiger partial charge on any atom is 0.387 e. The summed E-state index contributed by atoms with van der Waals surface area (Å²) >= 11 is 9.50. The summed E-state index contributed by atoms with van der Waals surface area (Å²) in [6.07, 6.45) is 1.98. The molecule has 0 spiro atoms. The molecule has 0 aliphatic carbocycles. The van der Waals surface area contributed by atoms with Crippen LogP contribution in [-0.2, 0) is 0 Å². The van der Waals surface area contributed by atoms with Crippen LogP contribution < -0.4 is 10.1 Å². The lowest BCUT2D eigenvalue weighted by Gasteiger charge is -2.27. The largest absolute Gasteiger partial charge is 0.434 e. The zero-order valence-electron chi connectivity index (χ0n) is 15.9. The maximum atomic E-state index is 13.0. The molecule has 1 aliphatic heterocycles. The van der Waals surface area contributed by atoms with Crippen molar-refractivity contribution in [2.24, 2.45) is 0 Å². The Morgan fingerprint density at radius 3 is 2.61 bits per heavy atom. The lowest BCUT2D eigenvalue weighted by atomic mass is 10.0. The summed E-state index contributed by atoms with van der Waals surface area (Å²) in [7, 11) is 0. The molecule has 31 heavy (non-hydrogen) atoms. The van der Waals surface area contributed by atoms with Gasteiger partial charge in [0.05, 0.1) is 22.8 Å². The van der Waals surface area contributed by atoms with Crippen LogP contribution in [0.25, 0.3) is 16.7 Å². The third-order valence-corrected chi connectivity index (χ3v) is 5.87. The van der Waals surface area contributed by atoms with Gasteiger partial charge in [-0.1, -0.05) is 51.8 Å². The molecule has 1 aromatic heterocycles. The number of aromatic nitrogens is 2. The van der Waals surface area contributed by atoms with Crippen LogP contribution in [0.4, 0.5) is 14.7 Å². The third kappa shape index (κ3) is 3.79. The van der Waals surface area contributed by atoms with Crippen LogP contribution >= 0.6 is 27.5 Å². The van der Waals surface area contributed by atoms with Crippen molar-refractivity contribution in [3.63, 3.8) is 0 Å². The molecule has 156 valence electrons. The van der Waals surface area contributed by atoms with Crippen LogP contribution in [0.2, 0.25) is 5.02 Å². The summed E-state index contributed by atoms with van der Waals surface area (Å²) in [5, 5.41) is 3.60. The van der Waals surface area contributed by atoms with E-state index in [9.17, 15) is 8.78 Å². The number of rotatable bonds is 4. The molecule has 3 aromatic carbocycles. The number of nitrogens with zero attached hydrogens (tertiary/aromatic N) is 2. The zero-order valence-corrected chi connectivity index (χ0v) is 18.2. The van der Waals surface area contributed by atoms with Gasteiger partial charge in [0.25, 0.3) is 0 Å². The Morgan fingerprint density at radius 2 is 1.84 bits per heavy atom. The van der Waals surface area contributed by atoms with E-state index in [0.717, 1.165) is 21.1 Å². The normalized spacial score (nSPS) is 15.5. The van der Waals surface area contributed by atoms with Crippen molar-refractivity contribution in [1.29, 1.82) is 0 Å². The Morgan fingerprint density at radius 1 is 1.06 bits per heavy atom. The molecule has 1 aliphatic rings. The predicted octanol–water partition coefficient (Wildman–Crippen LogP) is 7.11. The van der Waals surface area contributed by atoms with E-state index in [-0.39, 0.29) is 11.8 Å². The quantitative estimate of drug-likeness (QED) is 0.323. The lowest BCUT2D eigenvalue weighted by molar-refractivity contribution is -0.0500. The minimum atomic E-state index is -2.96. The van der Waals surface area contributed by atoms with Gasteiger partial charge >= 0.3 is 6.61 Å². The van der Waals surface area contributed by atoms with Crippen molar-refractivity contribution in [3.05, 3.63) is 93.4 Å². The molecule has 0 fully saturated rings. The van der Waals surface area contributed by atoms with Crippen LogP contribution in [0.1, 0.15) is 17.2 Å². The second-order valence-electron chi connectivity index (χ2n) is 7.01. The average Bonchev–Trinajstić information content (AvgIpc) is 3.12. The highest BCUT2D eigenvalue weighted by Gasteiger charge is 2.27. The maximum absolute atomic E-state index is 13.0. The van der Waals surface area contributed by atoms with E-state index in [2.05, 4.69) is 25.8 Å². The monoisotopic (exact) mass is 501 g/mol. The first-order valence-electron chi connectivity index (χ1n) is 9.45. The minimum absolute atomic E-state index is 0.000340. The number of allylic oxidation sites excluding steroid dienone is 1. The van der Waals surface area contributed by atoms with Crippen LogP contribution in [0.15, 0.2) is 77.3 Å². The highest BCUT2D eigenvalue weighted by Crippen LogP contribution is 2.40. The van der Waals surface area contributed by atoms with Crippen LogP contribution in [0.5, 0.6) is 5.75 Å². The first-order valence-corrected chi connectivity index (χ1v) is 10.6. The number of ether oxygens (including phenoxy) is 1. The number of para-hydroxylation sites is 2. The van der Waals surface area contributed by atoms with Gasteiger partial charge in [-0.3, -0.25) is 4.57 Å². The van der Waals surface area contributed by atoms with E-state index in [0.29, 0.717) is 22.2 Å². The number of halogens is 4. The topological polar surface area (TPSA) is 39.1 Å². The molecule has 0 radical (unpaired) electrons. The fourth-order valence-electron chi connectivity index (χ4n) is 3.78. The summed E-state index contributed by atoms with van der Waals surface area (Å²) in [4.78, 5) is 4.72. The molecule has 4 aromatic rings. The fraction of sp³-hybridized carbons (Fsp3) is 0.0870. The second-order valence-corrected chi connectivity index (χ2v) is 8.37. The Bertz CT molecular complexity index is 1300. The van der Waals surface area contributed by atoms with Gasteiger partial charge in [0, 0.05) is 15.1 Å². The minimum Gasteiger partial charge on any atom is -0.434 e. The smallest absolute Gasteiger partial charge is 0.387 e. The molecule has 1 N–H and O–H groups in total. The number of hydrogen-bond acceptors (Lipinski definition) is 3. The number of imidazole rings is 1. The van der Waals surface area contributed by atoms with Crippen LogP contribution in [0.3, 0.4) is 0 Å². The average molecular weight is 503 g/mol. The molecule has 8 heteroatoms. The van der Waals surface area contributed by atoms with Crippen molar-refractivity contribution in [3.8, 4) is 5.75 Å². The number of hydrogen-bond donors (Lipinski definition) is 1. The lowest BCUT2D eigenvalue weighted by Crippen LogP contribution is -2.19. The number of benzene rings is 3. The van der Waals surface area contributed by atoms with Gasteiger partial charge in [-0.15, -0.1) is 0 Å². The number of nitrogens with one attached hydrogen (secondary N) is 1. The van der Waals surface area contributed by atoms with E-state index in [1.165, 1.54) is 6.07 Å². The molecule has 0 saturated carbocycles. The van der Waals surface area contributed by atoms with Crippen molar-refractivity contribution in [1.82, 2.24) is 9.55 Å². The van der Waals surface area contributed by atoms with Crippen LogP contribution in [0, 0.1) is 0 Å². The number of anilines is 1. The van der Waals surface area contributed by atoms with Gasteiger partial charge in [0.15, 0.2) is 0 Å². The van der Waals surface area contributed by atoms with Crippen molar-refractivity contribution in [2.45, 2.75) is 12.7 Å². The molecular weight excluding hydrogens is 488 g/mol. The second kappa shape index (κ2) is 7.98. The summed E-state index contributed by atoms with van der Waals surface area (Å²) in [6, 6.07) is 20.3. The first-order chi connectivity index (χ1) is 15.0. The van der Waals surface area contributed by atoms with Crippen molar-refractivity contribution in [2.75, 3.05) is 5.32 Å². The molecule has 1 atom stereocenters. The molecule has 0 amide bonds. The molecular formula is C23H15BrClF2N3O.